The fourth-order valence-electron chi connectivity index (χ4n) is 1.58. The highest BCUT2D eigenvalue weighted by Crippen LogP contribution is 2.43. The van der Waals surface area contributed by atoms with Crippen LogP contribution in [0.1, 0.15) is 16.8 Å². The molecule has 1 unspecified atom stereocenters. The Balaban J connectivity index is 3.12. The smallest absolute Gasteiger partial charge is 0.326 e. The average Bonchev–Trinajstić information content (AvgIpc) is 2.44. The maximum absolute atomic E-state index is 12.3. The Morgan fingerprint density at radius 2 is 1.83 bits per heavy atom. The summed E-state index contributed by atoms with van der Waals surface area (Å²) in [6.07, 6.45) is -0.591. The van der Waals surface area contributed by atoms with Gasteiger partial charge in [-0.25, -0.2) is 13.2 Å². The molecule has 1 aromatic carbocycles. The van der Waals surface area contributed by atoms with E-state index in [-0.39, 0.29) is 10.5 Å². The molecule has 2 amide bonds. The lowest BCUT2D eigenvalue weighted by molar-refractivity contribution is -0.140. The van der Waals surface area contributed by atoms with Crippen molar-refractivity contribution in [2.75, 3.05) is 0 Å². The molecule has 0 aromatic heterocycles. The van der Waals surface area contributed by atoms with Crippen molar-refractivity contribution in [3.63, 3.8) is 0 Å². The first kappa shape index (κ1) is 21.1. The number of halogens is 3. The van der Waals surface area contributed by atoms with E-state index in [1.165, 1.54) is 18.2 Å². The Morgan fingerprint density at radius 1 is 1.25 bits per heavy atom. The third kappa shape index (κ3) is 5.26. The molecular weight excluding hydrogens is 540 g/mol. The first-order valence-electron chi connectivity index (χ1n) is 6.09. The largest absolute Gasteiger partial charge is 0.480 e. The topological polar surface area (TPSA) is 144 Å². The Labute approximate surface area is 162 Å². The monoisotopic (exact) mass is 548 g/mol. The fourth-order valence-corrected chi connectivity index (χ4v) is 4.07. The quantitative estimate of drug-likeness (QED) is 0.456. The molecule has 1 rings (SSSR count). The van der Waals surface area contributed by atoms with Crippen molar-refractivity contribution < 1.29 is 27.9 Å². The minimum absolute atomic E-state index is 0.0939. The maximum Gasteiger partial charge on any atom is 0.326 e. The second kappa shape index (κ2) is 7.93. The van der Waals surface area contributed by atoms with Crippen LogP contribution in [0.4, 0.5) is 0 Å². The van der Waals surface area contributed by atoms with Gasteiger partial charge in [-0.15, -0.1) is 0 Å². The Kier molecular flexibility index (Phi) is 6.96. The number of hydrogen-bond acceptors (Lipinski definition) is 5. The zero-order valence-corrected chi connectivity index (χ0v) is 17.3. The zero-order chi connectivity index (χ0) is 18.7. The number of carboxylic acids is 1. The summed E-state index contributed by atoms with van der Waals surface area (Å²) in [5, 5.41) is 11.1. The van der Waals surface area contributed by atoms with Gasteiger partial charge in [0.15, 0.2) is 0 Å². The van der Waals surface area contributed by atoms with Gasteiger partial charge in [0.1, 0.15) is 6.04 Å². The Morgan fingerprint density at radius 3 is 2.29 bits per heavy atom. The van der Waals surface area contributed by atoms with Crippen molar-refractivity contribution in [3.8, 4) is 0 Å². The van der Waals surface area contributed by atoms with E-state index < -0.39 is 41.6 Å². The van der Waals surface area contributed by atoms with Gasteiger partial charge >= 0.3 is 5.97 Å². The van der Waals surface area contributed by atoms with E-state index in [0.29, 0.717) is 0 Å². The number of alkyl halides is 3. The second-order valence-corrected chi connectivity index (χ2v) is 14.9. The van der Waals surface area contributed by atoms with Crippen molar-refractivity contribution in [1.29, 1.82) is 0 Å². The summed E-state index contributed by atoms with van der Waals surface area (Å²) in [5.74, 6) is -3.20. The number of carbonyl (C=O) groups is 3. The van der Waals surface area contributed by atoms with Crippen LogP contribution in [-0.2, 0) is 19.4 Å². The summed E-state index contributed by atoms with van der Waals surface area (Å²) < 4.78 is 22.9. The minimum Gasteiger partial charge on any atom is -0.480 e. The number of hydrogen-bond donors (Lipinski definition) is 3. The third-order valence-electron chi connectivity index (χ3n) is 2.72. The third-order valence-corrected chi connectivity index (χ3v) is 8.04. The molecule has 0 saturated heterocycles. The van der Waals surface area contributed by atoms with Crippen LogP contribution in [0.2, 0.25) is 0 Å². The first-order valence-corrected chi connectivity index (χ1v) is 9.96. The molecule has 0 fully saturated rings. The molecule has 132 valence electrons. The van der Waals surface area contributed by atoms with Crippen molar-refractivity contribution in [1.82, 2.24) is 5.32 Å². The van der Waals surface area contributed by atoms with Crippen LogP contribution in [0.3, 0.4) is 0 Å². The van der Waals surface area contributed by atoms with Crippen LogP contribution >= 0.6 is 47.8 Å². The van der Waals surface area contributed by atoms with Gasteiger partial charge in [-0.2, -0.15) is 0 Å². The minimum atomic E-state index is -3.92. The highest BCUT2D eigenvalue weighted by molar-refractivity contribution is 9.42. The highest BCUT2D eigenvalue weighted by atomic mass is 80.0. The standard InChI is InChI=1S/C12H11Br3N2O6S/c13-12(14,15)24(22,23)7-3-1-2-6(4-7)10(19)17-8(11(20)21)5-9(16)18/h1-4,8H,5H2,(H2,16,18)(H,17,19)(H,20,21). The lowest BCUT2D eigenvalue weighted by Crippen LogP contribution is -2.43. The number of sulfone groups is 1. The molecule has 0 spiro atoms. The van der Waals surface area contributed by atoms with E-state index in [2.05, 4.69) is 53.1 Å². The van der Waals surface area contributed by atoms with Crippen LogP contribution in [0, 0.1) is 0 Å². The molecule has 0 aliphatic heterocycles. The number of primary amides is 1. The molecular formula is C12H11Br3N2O6S. The number of rotatable bonds is 6. The van der Waals surface area contributed by atoms with Gasteiger partial charge in [0, 0.05) is 5.56 Å². The van der Waals surface area contributed by atoms with Gasteiger partial charge < -0.3 is 16.2 Å². The molecule has 0 saturated carbocycles. The van der Waals surface area contributed by atoms with Gasteiger partial charge in [0.05, 0.1) is 11.3 Å². The molecule has 0 bridgehead atoms. The van der Waals surface area contributed by atoms with Crippen LogP contribution < -0.4 is 11.1 Å². The molecule has 8 nitrogen and oxygen atoms in total. The molecule has 12 heteroatoms. The number of aliphatic carboxylic acids is 1. The number of carbonyl (C=O) groups excluding carboxylic acids is 2. The van der Waals surface area contributed by atoms with Crippen molar-refractivity contribution in [3.05, 3.63) is 29.8 Å². The van der Waals surface area contributed by atoms with Crippen LogP contribution in [-0.4, -0.2) is 38.8 Å². The van der Waals surface area contributed by atoms with E-state index >= 15 is 0 Å². The molecule has 24 heavy (non-hydrogen) atoms. The SMILES string of the molecule is NC(=O)CC(NC(=O)c1cccc(S(=O)(=O)C(Br)(Br)Br)c1)C(=O)O. The van der Waals surface area contributed by atoms with Crippen LogP contribution in [0.25, 0.3) is 0 Å². The number of benzene rings is 1. The second-order valence-electron chi connectivity index (χ2n) is 4.51. The molecule has 0 aliphatic carbocycles. The lowest BCUT2D eigenvalue weighted by Gasteiger charge is -2.15. The van der Waals surface area contributed by atoms with Crippen molar-refractivity contribution in [2.45, 2.75) is 18.8 Å². The van der Waals surface area contributed by atoms with Gasteiger partial charge in [0.2, 0.25) is 17.2 Å². The van der Waals surface area contributed by atoms with Crippen LogP contribution in [0.5, 0.6) is 0 Å². The predicted octanol–water partition coefficient (Wildman–Crippen LogP) is 1.31. The molecule has 0 heterocycles. The molecule has 0 aliphatic rings. The van der Waals surface area contributed by atoms with E-state index in [9.17, 15) is 22.8 Å². The molecule has 1 aromatic rings. The average molecular weight is 551 g/mol. The summed E-state index contributed by atoms with van der Waals surface area (Å²) in [6, 6.07) is 3.45. The fraction of sp³-hybridized carbons (Fsp3) is 0.250. The summed E-state index contributed by atoms with van der Waals surface area (Å²) in [4.78, 5) is 33.8. The van der Waals surface area contributed by atoms with Crippen molar-refractivity contribution in [2.24, 2.45) is 5.73 Å². The number of carboxylic acid groups (broad SMARTS) is 1. The zero-order valence-electron chi connectivity index (χ0n) is 11.7. The Bertz CT molecular complexity index is 775. The Hall–Kier alpha value is -0.980. The lowest BCUT2D eigenvalue weighted by atomic mass is 10.1. The number of nitrogens with one attached hydrogen (secondary N) is 1. The summed E-state index contributed by atoms with van der Waals surface area (Å²) in [5.41, 5.74) is 4.83. The first-order chi connectivity index (χ1) is 10.9. The molecule has 4 N–H and O–H groups in total. The highest BCUT2D eigenvalue weighted by Gasteiger charge is 2.37. The summed E-state index contributed by atoms with van der Waals surface area (Å²) in [7, 11) is -3.92. The van der Waals surface area contributed by atoms with Crippen LogP contribution in [0.15, 0.2) is 29.2 Å². The van der Waals surface area contributed by atoms with E-state index in [4.69, 9.17) is 10.8 Å². The normalized spacial score (nSPS) is 13.1. The van der Waals surface area contributed by atoms with E-state index in [1.54, 1.807) is 0 Å². The van der Waals surface area contributed by atoms with Gasteiger partial charge in [-0.3, -0.25) is 9.59 Å². The van der Waals surface area contributed by atoms with Gasteiger partial charge in [-0.1, -0.05) is 6.07 Å². The van der Waals surface area contributed by atoms with Crippen molar-refractivity contribution >= 4 is 75.4 Å². The summed E-state index contributed by atoms with van der Waals surface area (Å²) >= 11 is 8.70. The van der Waals surface area contributed by atoms with E-state index in [0.717, 1.165) is 6.07 Å². The number of amides is 2. The predicted molar refractivity (Wildman–Crippen MR) is 95.8 cm³/mol. The molecule has 0 radical (unpaired) electrons. The van der Waals surface area contributed by atoms with E-state index in [1.807, 2.05) is 0 Å². The summed E-state index contributed by atoms with van der Waals surface area (Å²) in [6.45, 7) is 0. The van der Waals surface area contributed by atoms with Gasteiger partial charge in [-0.05, 0) is 66.0 Å². The maximum atomic E-state index is 12.3. The number of nitrogens with two attached hydrogens (primary N) is 1. The molecule has 1 atom stereocenters. The van der Waals surface area contributed by atoms with Gasteiger partial charge in [0.25, 0.3) is 5.91 Å².